The molecule has 1 fully saturated rings. The number of carbonyl (C=O) groups is 2. The Morgan fingerprint density at radius 2 is 2.00 bits per heavy atom. The molecule has 2 aromatic heterocycles. The molecular formula is C20H25N5O3. The highest BCUT2D eigenvalue weighted by atomic mass is 16.6. The Bertz CT molecular complexity index is 791. The van der Waals surface area contributed by atoms with Gasteiger partial charge in [-0.15, -0.1) is 0 Å². The quantitative estimate of drug-likeness (QED) is 0.795. The van der Waals surface area contributed by atoms with E-state index in [1.807, 2.05) is 24.3 Å². The van der Waals surface area contributed by atoms with Crippen molar-refractivity contribution in [2.24, 2.45) is 0 Å². The zero-order valence-electron chi connectivity index (χ0n) is 15.9. The maximum absolute atomic E-state index is 12.5. The summed E-state index contributed by atoms with van der Waals surface area (Å²) in [4.78, 5) is 34.4. The van der Waals surface area contributed by atoms with Crippen molar-refractivity contribution in [2.45, 2.75) is 32.4 Å². The molecule has 2 aromatic rings. The molecule has 8 nitrogen and oxygen atoms in total. The second-order valence-corrected chi connectivity index (χ2v) is 6.54. The van der Waals surface area contributed by atoms with Crippen molar-refractivity contribution in [3.8, 4) is 0 Å². The first-order valence-corrected chi connectivity index (χ1v) is 9.48. The predicted octanol–water partition coefficient (Wildman–Crippen LogP) is 2.44. The molecule has 0 atom stereocenters. The monoisotopic (exact) mass is 383 g/mol. The summed E-state index contributed by atoms with van der Waals surface area (Å²) in [6.45, 7) is 3.87. The van der Waals surface area contributed by atoms with E-state index in [1.165, 1.54) is 0 Å². The summed E-state index contributed by atoms with van der Waals surface area (Å²) >= 11 is 0. The second-order valence-electron chi connectivity index (χ2n) is 6.54. The van der Waals surface area contributed by atoms with Crippen molar-refractivity contribution < 1.29 is 14.3 Å². The largest absolute Gasteiger partial charge is 0.450 e. The average Bonchev–Trinajstić information content (AvgIpc) is 2.74. The summed E-state index contributed by atoms with van der Waals surface area (Å²) in [5.41, 5.74) is 2.08. The number of ether oxygens (including phenoxy) is 1. The fourth-order valence-corrected chi connectivity index (χ4v) is 3.04. The molecule has 1 aliphatic heterocycles. The van der Waals surface area contributed by atoms with Crippen LogP contribution in [0.5, 0.6) is 0 Å². The average molecular weight is 383 g/mol. The molecule has 0 bridgehead atoms. The van der Waals surface area contributed by atoms with Gasteiger partial charge in [0.25, 0.3) is 5.91 Å². The third-order valence-corrected chi connectivity index (χ3v) is 4.55. The lowest BCUT2D eigenvalue weighted by Gasteiger charge is -2.31. The van der Waals surface area contributed by atoms with Crippen LogP contribution in [0.25, 0.3) is 0 Å². The van der Waals surface area contributed by atoms with Crippen molar-refractivity contribution in [1.29, 1.82) is 0 Å². The zero-order valence-corrected chi connectivity index (χ0v) is 15.9. The van der Waals surface area contributed by atoms with E-state index in [0.29, 0.717) is 44.8 Å². The molecule has 0 saturated carbocycles. The van der Waals surface area contributed by atoms with Crippen molar-refractivity contribution in [2.75, 3.05) is 25.0 Å². The molecule has 1 saturated heterocycles. The van der Waals surface area contributed by atoms with E-state index in [-0.39, 0.29) is 18.0 Å². The number of nitrogens with zero attached hydrogens (tertiary/aromatic N) is 3. The van der Waals surface area contributed by atoms with Crippen LogP contribution in [0.1, 0.15) is 35.9 Å². The summed E-state index contributed by atoms with van der Waals surface area (Å²) in [7, 11) is 0. The summed E-state index contributed by atoms with van der Waals surface area (Å²) in [5.74, 6) is -0.212. The minimum absolute atomic E-state index is 0.0186. The number of piperidine rings is 1. The lowest BCUT2D eigenvalue weighted by molar-refractivity contribution is 0.0856. The van der Waals surface area contributed by atoms with Crippen LogP contribution in [0, 0.1) is 0 Å². The third kappa shape index (κ3) is 5.42. The molecule has 148 valence electrons. The second kappa shape index (κ2) is 9.68. The molecule has 0 aromatic carbocycles. The van der Waals surface area contributed by atoms with Gasteiger partial charge in [-0.25, -0.2) is 4.79 Å². The Balaban J connectivity index is 1.50. The summed E-state index contributed by atoms with van der Waals surface area (Å²) in [6, 6.07) is 9.30. The first-order chi connectivity index (χ1) is 13.7. The van der Waals surface area contributed by atoms with Crippen LogP contribution < -0.4 is 10.6 Å². The highest BCUT2D eigenvalue weighted by molar-refractivity contribution is 5.93. The molecule has 0 radical (unpaired) electrons. The number of aromatic nitrogens is 2. The van der Waals surface area contributed by atoms with Gasteiger partial charge in [-0.1, -0.05) is 6.07 Å². The molecule has 3 heterocycles. The van der Waals surface area contributed by atoms with Gasteiger partial charge in [0.2, 0.25) is 0 Å². The molecule has 28 heavy (non-hydrogen) atoms. The zero-order chi connectivity index (χ0) is 19.8. The summed E-state index contributed by atoms with van der Waals surface area (Å²) in [6.07, 6.45) is 4.46. The molecule has 0 aliphatic carbocycles. The van der Waals surface area contributed by atoms with E-state index < -0.39 is 0 Å². The van der Waals surface area contributed by atoms with Crippen LogP contribution in [-0.4, -0.2) is 52.6 Å². The standard InChI is InChI=1S/C20H25N5O3/c1-2-28-20(27)25-11-7-15(8-12-25)24-19(26)18-13-16(6-10-22-18)23-14-17-5-3-4-9-21-17/h3-6,9-10,13,15H,2,7-8,11-12,14H2,1H3,(H,22,23)(H,24,26). The van der Waals surface area contributed by atoms with Gasteiger partial charge >= 0.3 is 6.09 Å². The third-order valence-electron chi connectivity index (χ3n) is 4.55. The maximum atomic E-state index is 12.5. The highest BCUT2D eigenvalue weighted by Crippen LogP contribution is 2.14. The number of carbonyl (C=O) groups excluding carboxylic acids is 2. The van der Waals surface area contributed by atoms with Gasteiger partial charge in [-0.3, -0.25) is 14.8 Å². The fraction of sp³-hybridized carbons (Fsp3) is 0.400. The van der Waals surface area contributed by atoms with Crippen molar-refractivity contribution in [1.82, 2.24) is 20.2 Å². The van der Waals surface area contributed by atoms with Crippen molar-refractivity contribution in [3.05, 3.63) is 54.1 Å². The number of rotatable bonds is 6. The number of nitrogens with one attached hydrogen (secondary N) is 2. The van der Waals surface area contributed by atoms with Gasteiger partial charge in [0.15, 0.2) is 0 Å². The minimum atomic E-state index is -0.291. The number of hydrogen-bond acceptors (Lipinski definition) is 6. The first kappa shape index (κ1) is 19.6. The lowest BCUT2D eigenvalue weighted by atomic mass is 10.1. The molecular weight excluding hydrogens is 358 g/mol. The van der Waals surface area contributed by atoms with Crippen LogP contribution in [0.3, 0.4) is 0 Å². The number of pyridine rings is 2. The number of likely N-dealkylation sites (tertiary alicyclic amines) is 1. The maximum Gasteiger partial charge on any atom is 0.409 e. The Morgan fingerprint density at radius 1 is 1.18 bits per heavy atom. The number of hydrogen-bond donors (Lipinski definition) is 2. The predicted molar refractivity (Wildman–Crippen MR) is 105 cm³/mol. The number of amides is 2. The molecule has 8 heteroatoms. The topological polar surface area (TPSA) is 96.5 Å². The van der Waals surface area contributed by atoms with E-state index in [4.69, 9.17) is 4.74 Å². The number of anilines is 1. The van der Waals surface area contributed by atoms with Crippen LogP contribution in [0.2, 0.25) is 0 Å². The molecule has 0 unspecified atom stereocenters. The van der Waals surface area contributed by atoms with E-state index in [1.54, 1.807) is 30.3 Å². The summed E-state index contributed by atoms with van der Waals surface area (Å²) in [5, 5.41) is 6.26. The molecule has 1 aliphatic rings. The Hall–Kier alpha value is -3.16. The van der Waals surface area contributed by atoms with Crippen molar-refractivity contribution >= 4 is 17.7 Å². The Labute approximate surface area is 164 Å². The van der Waals surface area contributed by atoms with E-state index in [9.17, 15) is 9.59 Å². The molecule has 2 N–H and O–H groups in total. The van der Waals surface area contributed by atoms with E-state index >= 15 is 0 Å². The normalized spacial score (nSPS) is 14.4. The van der Waals surface area contributed by atoms with Gasteiger partial charge in [0.05, 0.1) is 18.8 Å². The van der Waals surface area contributed by atoms with E-state index in [0.717, 1.165) is 11.4 Å². The molecule has 3 rings (SSSR count). The van der Waals surface area contributed by atoms with Crippen molar-refractivity contribution in [3.63, 3.8) is 0 Å². The van der Waals surface area contributed by atoms with Gasteiger partial charge in [-0.05, 0) is 44.0 Å². The Kier molecular flexibility index (Phi) is 6.78. The SMILES string of the molecule is CCOC(=O)N1CCC(NC(=O)c2cc(NCc3ccccn3)ccn2)CC1. The smallest absolute Gasteiger partial charge is 0.409 e. The fourth-order valence-electron chi connectivity index (χ4n) is 3.04. The van der Waals surface area contributed by atoms with Gasteiger partial charge < -0.3 is 20.3 Å². The van der Waals surface area contributed by atoms with Crippen LogP contribution >= 0.6 is 0 Å². The highest BCUT2D eigenvalue weighted by Gasteiger charge is 2.25. The van der Waals surface area contributed by atoms with E-state index in [2.05, 4.69) is 20.6 Å². The lowest BCUT2D eigenvalue weighted by Crippen LogP contribution is -2.46. The van der Waals surface area contributed by atoms with Crippen LogP contribution in [-0.2, 0) is 11.3 Å². The minimum Gasteiger partial charge on any atom is -0.450 e. The van der Waals surface area contributed by atoms with Gasteiger partial charge in [0, 0.05) is 37.2 Å². The molecule has 2 amide bonds. The summed E-state index contributed by atoms with van der Waals surface area (Å²) < 4.78 is 5.01. The van der Waals surface area contributed by atoms with Crippen LogP contribution in [0.15, 0.2) is 42.7 Å². The molecule has 0 spiro atoms. The first-order valence-electron chi connectivity index (χ1n) is 9.48. The van der Waals surface area contributed by atoms with Crippen LogP contribution in [0.4, 0.5) is 10.5 Å². The Morgan fingerprint density at radius 3 is 2.71 bits per heavy atom. The van der Waals surface area contributed by atoms with Gasteiger partial charge in [0.1, 0.15) is 5.69 Å². The van der Waals surface area contributed by atoms with Gasteiger partial charge in [-0.2, -0.15) is 0 Å².